The molecule has 1 aromatic carbocycles. The van der Waals surface area contributed by atoms with Crippen molar-refractivity contribution in [1.82, 2.24) is 14.6 Å². The molecule has 5 rings (SSSR count). The SMILES string of the molecule is C[C@H]1CCc2c(sc(NC(=O)c3cnn4c(C(F)F)cc(-c5ccccc5)nc34)c2C#N)C1. The summed E-state index contributed by atoms with van der Waals surface area (Å²) in [6.45, 7) is 2.17. The second-order valence-electron chi connectivity index (χ2n) is 8.15. The fourth-order valence-electron chi connectivity index (χ4n) is 4.19. The minimum atomic E-state index is -2.80. The van der Waals surface area contributed by atoms with Gasteiger partial charge in [0.25, 0.3) is 12.3 Å². The number of nitriles is 1. The van der Waals surface area contributed by atoms with Crippen LogP contribution < -0.4 is 5.32 Å². The zero-order chi connectivity index (χ0) is 23.1. The molecule has 9 heteroatoms. The molecule has 0 spiro atoms. The molecule has 0 saturated carbocycles. The number of amides is 1. The number of nitrogens with one attached hydrogen (secondary N) is 1. The zero-order valence-electron chi connectivity index (χ0n) is 17.7. The van der Waals surface area contributed by atoms with Crippen LogP contribution >= 0.6 is 11.3 Å². The maximum absolute atomic E-state index is 13.8. The van der Waals surface area contributed by atoms with Gasteiger partial charge >= 0.3 is 0 Å². The highest BCUT2D eigenvalue weighted by Crippen LogP contribution is 2.39. The molecule has 3 aromatic heterocycles. The third-order valence-corrected chi connectivity index (χ3v) is 7.06. The van der Waals surface area contributed by atoms with Gasteiger partial charge < -0.3 is 5.32 Å². The molecule has 6 nitrogen and oxygen atoms in total. The zero-order valence-corrected chi connectivity index (χ0v) is 18.5. The van der Waals surface area contributed by atoms with Gasteiger partial charge in [0.1, 0.15) is 22.3 Å². The molecular formula is C24H19F2N5OS. The Balaban J connectivity index is 1.56. The van der Waals surface area contributed by atoms with Crippen LogP contribution in [-0.4, -0.2) is 20.5 Å². The van der Waals surface area contributed by atoms with E-state index in [1.807, 2.05) is 6.07 Å². The van der Waals surface area contributed by atoms with Gasteiger partial charge in [-0.15, -0.1) is 11.3 Å². The summed E-state index contributed by atoms with van der Waals surface area (Å²) in [4.78, 5) is 18.8. The number of hydrogen-bond donors (Lipinski definition) is 1. The third kappa shape index (κ3) is 3.76. The van der Waals surface area contributed by atoms with Crippen LogP contribution in [0.15, 0.2) is 42.6 Å². The molecule has 3 heterocycles. The number of rotatable bonds is 4. The number of alkyl halides is 2. The maximum Gasteiger partial charge on any atom is 0.280 e. The molecule has 1 aliphatic carbocycles. The lowest BCUT2D eigenvalue weighted by Crippen LogP contribution is -2.13. The van der Waals surface area contributed by atoms with Gasteiger partial charge in [0, 0.05) is 10.4 Å². The Bertz CT molecular complexity index is 1400. The molecule has 0 radical (unpaired) electrons. The molecule has 166 valence electrons. The van der Waals surface area contributed by atoms with E-state index in [-0.39, 0.29) is 16.9 Å². The summed E-state index contributed by atoms with van der Waals surface area (Å²) >= 11 is 1.41. The van der Waals surface area contributed by atoms with Gasteiger partial charge in [-0.25, -0.2) is 18.3 Å². The number of carbonyl (C=O) groups is 1. The lowest BCUT2D eigenvalue weighted by molar-refractivity contribution is 0.102. The average Bonchev–Trinajstić information content (AvgIpc) is 3.39. The lowest BCUT2D eigenvalue weighted by Gasteiger charge is -2.17. The van der Waals surface area contributed by atoms with Gasteiger partial charge in [-0.2, -0.15) is 10.4 Å². The molecule has 0 fully saturated rings. The van der Waals surface area contributed by atoms with E-state index in [0.717, 1.165) is 34.2 Å². The minimum Gasteiger partial charge on any atom is -0.312 e. The van der Waals surface area contributed by atoms with Crippen LogP contribution in [0.5, 0.6) is 0 Å². The molecule has 4 aromatic rings. The van der Waals surface area contributed by atoms with Crippen LogP contribution in [0.2, 0.25) is 0 Å². The summed E-state index contributed by atoms with van der Waals surface area (Å²) in [5.74, 6) is -0.00897. The van der Waals surface area contributed by atoms with Crippen LogP contribution in [0.1, 0.15) is 51.8 Å². The van der Waals surface area contributed by atoms with Crippen molar-refractivity contribution in [2.45, 2.75) is 32.6 Å². The number of hydrogen-bond acceptors (Lipinski definition) is 5. The molecular weight excluding hydrogens is 444 g/mol. The van der Waals surface area contributed by atoms with Crippen LogP contribution in [0.4, 0.5) is 13.8 Å². The van der Waals surface area contributed by atoms with Crippen molar-refractivity contribution >= 4 is 27.9 Å². The largest absolute Gasteiger partial charge is 0.312 e. The number of benzene rings is 1. The van der Waals surface area contributed by atoms with Gasteiger partial charge in [-0.1, -0.05) is 37.3 Å². The highest BCUT2D eigenvalue weighted by atomic mass is 32.1. The predicted molar refractivity (Wildman–Crippen MR) is 122 cm³/mol. The first-order valence-corrected chi connectivity index (χ1v) is 11.4. The van der Waals surface area contributed by atoms with Crippen molar-refractivity contribution in [3.8, 4) is 17.3 Å². The molecule has 33 heavy (non-hydrogen) atoms. The van der Waals surface area contributed by atoms with Crippen LogP contribution in [0.25, 0.3) is 16.9 Å². The Morgan fingerprint density at radius 1 is 1.33 bits per heavy atom. The highest BCUT2D eigenvalue weighted by Gasteiger charge is 2.26. The first-order chi connectivity index (χ1) is 16.0. The van der Waals surface area contributed by atoms with E-state index < -0.39 is 12.3 Å². The first kappa shape index (κ1) is 21.2. The Labute approximate surface area is 192 Å². The quantitative estimate of drug-likeness (QED) is 0.424. The number of anilines is 1. The Morgan fingerprint density at radius 2 is 2.12 bits per heavy atom. The molecule has 0 aliphatic heterocycles. The van der Waals surface area contributed by atoms with E-state index >= 15 is 0 Å². The number of thiophene rings is 1. The van der Waals surface area contributed by atoms with Gasteiger partial charge in [0.05, 0.1) is 17.5 Å². The minimum absolute atomic E-state index is 0.0394. The van der Waals surface area contributed by atoms with Crippen molar-refractivity contribution < 1.29 is 13.6 Å². The smallest absolute Gasteiger partial charge is 0.280 e. The average molecular weight is 464 g/mol. The van der Waals surface area contributed by atoms with Crippen LogP contribution in [-0.2, 0) is 12.8 Å². The van der Waals surface area contributed by atoms with E-state index in [1.165, 1.54) is 23.6 Å². The summed E-state index contributed by atoms with van der Waals surface area (Å²) in [7, 11) is 0. The Morgan fingerprint density at radius 3 is 2.85 bits per heavy atom. The monoisotopic (exact) mass is 463 g/mol. The molecule has 0 saturated heterocycles. The van der Waals surface area contributed by atoms with Gasteiger partial charge in [-0.05, 0) is 36.8 Å². The first-order valence-electron chi connectivity index (χ1n) is 10.5. The Hall–Kier alpha value is -3.64. The number of carbonyl (C=O) groups excluding carboxylic acids is 1. The maximum atomic E-state index is 13.8. The summed E-state index contributed by atoms with van der Waals surface area (Å²) in [6.07, 6.45) is 1.12. The molecule has 1 amide bonds. The van der Waals surface area contributed by atoms with Crippen LogP contribution in [0, 0.1) is 17.2 Å². The normalized spacial score (nSPS) is 15.4. The lowest BCUT2D eigenvalue weighted by atomic mass is 9.88. The fourth-order valence-corrected chi connectivity index (χ4v) is 5.54. The van der Waals surface area contributed by atoms with Gasteiger partial charge in [0.2, 0.25) is 0 Å². The van der Waals surface area contributed by atoms with E-state index in [4.69, 9.17) is 0 Å². The van der Waals surface area contributed by atoms with Crippen molar-refractivity contribution in [1.29, 1.82) is 5.26 Å². The van der Waals surface area contributed by atoms with Gasteiger partial charge in [0.15, 0.2) is 5.65 Å². The second kappa shape index (κ2) is 8.37. The highest BCUT2D eigenvalue weighted by molar-refractivity contribution is 7.16. The summed E-state index contributed by atoms with van der Waals surface area (Å²) in [5.41, 5.74) is 2.22. The summed E-state index contributed by atoms with van der Waals surface area (Å²) in [6, 6.07) is 12.4. The molecule has 1 N–H and O–H groups in total. The van der Waals surface area contributed by atoms with Crippen LogP contribution in [0.3, 0.4) is 0 Å². The molecule has 1 aliphatic rings. The summed E-state index contributed by atoms with van der Waals surface area (Å²) < 4.78 is 28.6. The van der Waals surface area contributed by atoms with E-state index in [0.29, 0.717) is 27.7 Å². The number of nitrogens with zero attached hydrogens (tertiary/aromatic N) is 4. The second-order valence-corrected chi connectivity index (χ2v) is 9.25. The Kier molecular flexibility index (Phi) is 5.38. The molecule has 0 unspecified atom stereocenters. The third-order valence-electron chi connectivity index (χ3n) is 5.89. The molecule has 0 bridgehead atoms. The molecule has 1 atom stereocenters. The van der Waals surface area contributed by atoms with Crippen molar-refractivity contribution in [3.63, 3.8) is 0 Å². The van der Waals surface area contributed by atoms with Gasteiger partial charge in [-0.3, -0.25) is 4.79 Å². The predicted octanol–water partition coefficient (Wildman–Crippen LogP) is 5.64. The number of fused-ring (bicyclic) bond motifs is 2. The fraction of sp³-hybridized carbons (Fsp3) is 0.250. The number of aromatic nitrogens is 3. The van der Waals surface area contributed by atoms with E-state index in [9.17, 15) is 18.8 Å². The number of halogens is 2. The van der Waals surface area contributed by atoms with E-state index in [2.05, 4.69) is 28.4 Å². The van der Waals surface area contributed by atoms with Crippen molar-refractivity contribution in [3.05, 3.63) is 69.9 Å². The summed E-state index contributed by atoms with van der Waals surface area (Å²) in [5, 5.41) is 17.0. The standard InChI is InChI=1S/C24H19F2N5OS/c1-13-7-8-15-16(11-27)24(33-20(15)9-13)30-23(32)17-12-28-31-19(21(25)26)10-18(29-22(17)31)14-5-3-2-4-6-14/h2-6,10,12-13,21H,7-9H2,1H3,(H,30,32)/t13-/m0/s1. The van der Waals surface area contributed by atoms with Crippen molar-refractivity contribution in [2.75, 3.05) is 5.32 Å². The van der Waals surface area contributed by atoms with E-state index in [1.54, 1.807) is 24.3 Å². The topological polar surface area (TPSA) is 83.1 Å². The van der Waals surface area contributed by atoms with Crippen molar-refractivity contribution in [2.24, 2.45) is 5.92 Å².